The summed E-state index contributed by atoms with van der Waals surface area (Å²) in [4.78, 5) is 12.7. The molecular formula is C20H34N2O2. The minimum atomic E-state index is -0.646. The number of aliphatic hydroxyl groups is 1. The van der Waals surface area contributed by atoms with E-state index in [2.05, 4.69) is 26.1 Å². The van der Waals surface area contributed by atoms with E-state index < -0.39 is 6.10 Å². The van der Waals surface area contributed by atoms with Gasteiger partial charge < -0.3 is 16.2 Å². The molecule has 3 unspecified atom stereocenters. The molecule has 0 aliphatic heterocycles. The van der Waals surface area contributed by atoms with E-state index in [0.717, 1.165) is 18.4 Å². The first-order chi connectivity index (χ1) is 11.3. The Balaban J connectivity index is 2.72. The molecule has 1 aromatic carbocycles. The molecule has 0 spiro atoms. The number of hydrogen-bond donors (Lipinski definition) is 3. The standard InChI is InChI=1S/C20H34N2O2/c1-5-20(3,4)13-15(2)22-19(24)17(12-18(23)14-21)11-16-9-7-6-8-10-16/h6-10,15,17-18,23H,5,11-14,21H2,1-4H3,(H,22,24). The molecule has 4 heteroatoms. The number of nitrogens with two attached hydrogens (primary N) is 1. The van der Waals surface area contributed by atoms with Crippen LogP contribution in [-0.4, -0.2) is 29.7 Å². The van der Waals surface area contributed by atoms with Crippen LogP contribution in [0.2, 0.25) is 0 Å². The van der Waals surface area contributed by atoms with Gasteiger partial charge in [0.05, 0.1) is 6.10 Å². The minimum Gasteiger partial charge on any atom is -0.392 e. The highest BCUT2D eigenvalue weighted by molar-refractivity contribution is 5.79. The molecule has 1 aromatic rings. The van der Waals surface area contributed by atoms with Crippen LogP contribution in [0.3, 0.4) is 0 Å². The zero-order valence-corrected chi connectivity index (χ0v) is 15.6. The third kappa shape index (κ3) is 7.45. The second-order valence-electron chi connectivity index (χ2n) is 7.64. The number of amides is 1. The summed E-state index contributed by atoms with van der Waals surface area (Å²) < 4.78 is 0. The summed E-state index contributed by atoms with van der Waals surface area (Å²) in [6.45, 7) is 8.83. The predicted molar refractivity (Wildman–Crippen MR) is 99.6 cm³/mol. The van der Waals surface area contributed by atoms with Gasteiger partial charge in [0, 0.05) is 18.5 Å². The average Bonchev–Trinajstić information content (AvgIpc) is 2.54. The summed E-state index contributed by atoms with van der Waals surface area (Å²) in [6, 6.07) is 10.0. The van der Waals surface area contributed by atoms with Crippen LogP contribution in [0.5, 0.6) is 0 Å². The topological polar surface area (TPSA) is 75.3 Å². The number of carbonyl (C=O) groups excluding carboxylic acids is 1. The van der Waals surface area contributed by atoms with E-state index in [0.29, 0.717) is 12.8 Å². The number of carbonyl (C=O) groups is 1. The van der Waals surface area contributed by atoms with Crippen molar-refractivity contribution in [3.8, 4) is 0 Å². The van der Waals surface area contributed by atoms with Crippen LogP contribution >= 0.6 is 0 Å². The Kier molecular flexibility index (Phi) is 8.43. The van der Waals surface area contributed by atoms with Gasteiger partial charge in [0.2, 0.25) is 5.91 Å². The van der Waals surface area contributed by atoms with Crippen LogP contribution < -0.4 is 11.1 Å². The molecule has 0 saturated carbocycles. The van der Waals surface area contributed by atoms with Crippen molar-refractivity contribution in [3.63, 3.8) is 0 Å². The first kappa shape index (κ1) is 20.7. The SMILES string of the molecule is CCC(C)(C)CC(C)NC(=O)C(Cc1ccccc1)CC(O)CN. The van der Waals surface area contributed by atoms with Crippen LogP contribution in [0.15, 0.2) is 30.3 Å². The molecule has 0 aromatic heterocycles. The van der Waals surface area contributed by atoms with Gasteiger partial charge in [-0.15, -0.1) is 0 Å². The van der Waals surface area contributed by atoms with E-state index in [4.69, 9.17) is 5.73 Å². The Labute approximate surface area is 146 Å². The fraction of sp³-hybridized carbons (Fsp3) is 0.650. The summed E-state index contributed by atoms with van der Waals surface area (Å²) in [6.07, 6.45) is 2.38. The maximum atomic E-state index is 12.7. The highest BCUT2D eigenvalue weighted by atomic mass is 16.3. The molecule has 0 radical (unpaired) electrons. The van der Waals surface area contributed by atoms with Gasteiger partial charge in [-0.2, -0.15) is 0 Å². The molecule has 0 saturated heterocycles. The van der Waals surface area contributed by atoms with Crippen molar-refractivity contribution in [1.82, 2.24) is 5.32 Å². The molecule has 0 fully saturated rings. The Hall–Kier alpha value is -1.39. The first-order valence-electron chi connectivity index (χ1n) is 8.99. The van der Waals surface area contributed by atoms with Crippen molar-refractivity contribution < 1.29 is 9.90 Å². The molecule has 0 aliphatic rings. The minimum absolute atomic E-state index is 0.00533. The second-order valence-corrected chi connectivity index (χ2v) is 7.64. The number of aliphatic hydroxyl groups excluding tert-OH is 1. The summed E-state index contributed by atoms with van der Waals surface area (Å²) >= 11 is 0. The number of rotatable bonds is 10. The number of nitrogens with one attached hydrogen (secondary N) is 1. The third-order valence-electron chi connectivity index (χ3n) is 4.73. The fourth-order valence-electron chi connectivity index (χ4n) is 2.99. The molecule has 136 valence electrons. The van der Waals surface area contributed by atoms with Gasteiger partial charge in [-0.05, 0) is 37.2 Å². The number of benzene rings is 1. The lowest BCUT2D eigenvalue weighted by Gasteiger charge is -2.28. The van der Waals surface area contributed by atoms with Crippen molar-refractivity contribution in [1.29, 1.82) is 0 Å². The molecule has 4 N–H and O–H groups in total. The van der Waals surface area contributed by atoms with Gasteiger partial charge in [-0.1, -0.05) is 57.5 Å². The quantitative estimate of drug-likeness (QED) is 0.616. The summed E-state index contributed by atoms with van der Waals surface area (Å²) in [7, 11) is 0. The van der Waals surface area contributed by atoms with Crippen molar-refractivity contribution in [2.24, 2.45) is 17.1 Å². The highest BCUT2D eigenvalue weighted by Crippen LogP contribution is 2.26. The van der Waals surface area contributed by atoms with E-state index in [9.17, 15) is 9.90 Å². The van der Waals surface area contributed by atoms with E-state index >= 15 is 0 Å². The largest absolute Gasteiger partial charge is 0.392 e. The van der Waals surface area contributed by atoms with Crippen molar-refractivity contribution in [2.45, 2.75) is 65.5 Å². The summed E-state index contributed by atoms with van der Waals surface area (Å²) in [5, 5.41) is 13.0. The van der Waals surface area contributed by atoms with Gasteiger partial charge in [0.15, 0.2) is 0 Å². The Morgan fingerprint density at radius 2 is 1.92 bits per heavy atom. The average molecular weight is 335 g/mol. The molecule has 0 heterocycles. The zero-order valence-electron chi connectivity index (χ0n) is 15.6. The van der Waals surface area contributed by atoms with Crippen LogP contribution in [-0.2, 0) is 11.2 Å². The molecule has 3 atom stereocenters. The maximum Gasteiger partial charge on any atom is 0.223 e. The first-order valence-corrected chi connectivity index (χ1v) is 8.99. The van der Waals surface area contributed by atoms with Crippen molar-refractivity contribution in [3.05, 3.63) is 35.9 Å². The maximum absolute atomic E-state index is 12.7. The fourth-order valence-corrected chi connectivity index (χ4v) is 2.99. The summed E-state index contributed by atoms with van der Waals surface area (Å²) in [5.41, 5.74) is 6.84. The summed E-state index contributed by atoms with van der Waals surface area (Å²) in [5.74, 6) is -0.260. The van der Waals surface area contributed by atoms with Crippen molar-refractivity contribution in [2.75, 3.05) is 6.54 Å². The third-order valence-corrected chi connectivity index (χ3v) is 4.73. The lowest BCUT2D eigenvalue weighted by Crippen LogP contribution is -2.41. The Morgan fingerprint density at radius 1 is 1.29 bits per heavy atom. The van der Waals surface area contributed by atoms with Crippen LogP contribution in [0.4, 0.5) is 0 Å². The van der Waals surface area contributed by atoms with E-state index in [1.54, 1.807) is 0 Å². The molecule has 1 rings (SSSR count). The molecule has 1 amide bonds. The molecule has 4 nitrogen and oxygen atoms in total. The van der Waals surface area contributed by atoms with Gasteiger partial charge in [0.1, 0.15) is 0 Å². The van der Waals surface area contributed by atoms with Gasteiger partial charge in [-0.25, -0.2) is 0 Å². The monoisotopic (exact) mass is 334 g/mol. The predicted octanol–water partition coefficient (Wildman–Crippen LogP) is 2.89. The zero-order chi connectivity index (χ0) is 18.2. The normalized spacial score (nSPS) is 15.6. The lowest BCUT2D eigenvalue weighted by atomic mass is 9.83. The van der Waals surface area contributed by atoms with Gasteiger partial charge in [-0.3, -0.25) is 4.79 Å². The Morgan fingerprint density at radius 3 is 2.46 bits per heavy atom. The van der Waals surface area contributed by atoms with Crippen LogP contribution in [0.25, 0.3) is 0 Å². The van der Waals surface area contributed by atoms with Crippen molar-refractivity contribution >= 4 is 5.91 Å². The highest BCUT2D eigenvalue weighted by Gasteiger charge is 2.25. The van der Waals surface area contributed by atoms with E-state index in [-0.39, 0.29) is 29.8 Å². The second kappa shape index (κ2) is 9.80. The van der Waals surface area contributed by atoms with Gasteiger partial charge in [0.25, 0.3) is 0 Å². The van der Waals surface area contributed by atoms with Gasteiger partial charge >= 0.3 is 0 Å². The van der Waals surface area contributed by atoms with E-state index in [1.807, 2.05) is 37.3 Å². The lowest BCUT2D eigenvalue weighted by molar-refractivity contribution is -0.126. The Bertz CT molecular complexity index is 488. The smallest absolute Gasteiger partial charge is 0.223 e. The molecule has 0 bridgehead atoms. The molecule has 24 heavy (non-hydrogen) atoms. The number of hydrogen-bond acceptors (Lipinski definition) is 3. The molecule has 0 aliphatic carbocycles. The van der Waals surface area contributed by atoms with Crippen LogP contribution in [0.1, 0.15) is 52.5 Å². The van der Waals surface area contributed by atoms with E-state index in [1.165, 1.54) is 0 Å². The van der Waals surface area contributed by atoms with Crippen LogP contribution in [0, 0.1) is 11.3 Å². The molecular weight excluding hydrogens is 300 g/mol.